The molecule has 1 rings (SSSR count). The number of thiocarbonyl (C=S) groups is 1. The Hall–Kier alpha value is -1.69. The van der Waals surface area contributed by atoms with Gasteiger partial charge in [0.15, 0.2) is 0 Å². The first-order chi connectivity index (χ1) is 6.63. The van der Waals surface area contributed by atoms with Gasteiger partial charge in [0.25, 0.3) is 5.69 Å². The van der Waals surface area contributed by atoms with Crippen LogP contribution in [-0.4, -0.2) is 17.3 Å². The van der Waals surface area contributed by atoms with Crippen LogP contribution in [0.25, 0.3) is 0 Å². The molecule has 0 aliphatic carbocycles. The summed E-state index contributed by atoms with van der Waals surface area (Å²) in [7, 11) is 1.36. The largest absolute Gasteiger partial charge is 0.460 e. The average molecular weight is 213 g/mol. The molecule has 0 N–H and O–H groups in total. The number of hydrogen-bond donors (Lipinski definition) is 0. The van der Waals surface area contributed by atoms with E-state index in [1.54, 1.807) is 6.07 Å². The van der Waals surface area contributed by atoms with E-state index in [1.165, 1.54) is 25.3 Å². The lowest BCUT2D eigenvalue weighted by molar-refractivity contribution is -0.384. The van der Waals surface area contributed by atoms with Gasteiger partial charge in [-0.25, -0.2) is 0 Å². The minimum absolute atomic E-state index is 0.0543. The molecule has 6 heteroatoms. The smallest absolute Gasteiger partial charge is 0.357 e. The van der Waals surface area contributed by atoms with Gasteiger partial charge in [0.1, 0.15) is 5.75 Å². The Kier molecular flexibility index (Phi) is 3.35. The van der Waals surface area contributed by atoms with E-state index in [-0.39, 0.29) is 16.7 Å². The van der Waals surface area contributed by atoms with Crippen molar-refractivity contribution in [3.8, 4) is 5.75 Å². The number of methoxy groups -OCH3 is 1. The first-order valence-electron chi connectivity index (χ1n) is 3.63. The summed E-state index contributed by atoms with van der Waals surface area (Å²) in [5, 5.41) is 10.3. The van der Waals surface area contributed by atoms with Crippen LogP contribution < -0.4 is 4.74 Å². The first kappa shape index (κ1) is 10.4. The fourth-order valence-electron chi connectivity index (χ4n) is 0.798. The number of ether oxygens (including phenoxy) is 2. The molecule has 0 aliphatic rings. The van der Waals surface area contributed by atoms with Gasteiger partial charge in [-0.15, -0.1) is 0 Å². The van der Waals surface area contributed by atoms with Gasteiger partial charge in [0.2, 0.25) is 0 Å². The molecule has 0 aliphatic heterocycles. The van der Waals surface area contributed by atoms with Crippen LogP contribution in [0.2, 0.25) is 0 Å². The van der Waals surface area contributed by atoms with Gasteiger partial charge < -0.3 is 9.47 Å². The van der Waals surface area contributed by atoms with Crippen LogP contribution in [0, 0.1) is 10.1 Å². The number of nitrogens with zero attached hydrogens (tertiary/aromatic N) is 1. The minimum atomic E-state index is -0.511. The molecular formula is C8H7NO4S. The predicted octanol–water partition coefficient (Wildman–Crippen LogP) is 1.90. The molecule has 1 aromatic carbocycles. The monoisotopic (exact) mass is 213 g/mol. The van der Waals surface area contributed by atoms with E-state index in [2.05, 4.69) is 17.0 Å². The highest BCUT2D eigenvalue weighted by Gasteiger charge is 2.07. The topological polar surface area (TPSA) is 61.6 Å². The van der Waals surface area contributed by atoms with Crippen molar-refractivity contribution in [2.45, 2.75) is 0 Å². The lowest BCUT2D eigenvalue weighted by Gasteiger charge is -2.03. The number of benzene rings is 1. The van der Waals surface area contributed by atoms with Crippen molar-refractivity contribution in [1.29, 1.82) is 0 Å². The van der Waals surface area contributed by atoms with Crippen molar-refractivity contribution < 1.29 is 14.4 Å². The third-order valence-electron chi connectivity index (χ3n) is 1.40. The van der Waals surface area contributed by atoms with E-state index in [9.17, 15) is 10.1 Å². The fourth-order valence-corrected chi connectivity index (χ4v) is 0.895. The second kappa shape index (κ2) is 4.52. The Balaban J connectivity index is 2.83. The van der Waals surface area contributed by atoms with Gasteiger partial charge in [-0.3, -0.25) is 10.1 Å². The highest BCUT2D eigenvalue weighted by Crippen LogP contribution is 2.19. The van der Waals surface area contributed by atoms with Gasteiger partial charge in [-0.05, 0) is 6.07 Å². The van der Waals surface area contributed by atoms with Gasteiger partial charge in [0, 0.05) is 18.3 Å². The summed E-state index contributed by atoms with van der Waals surface area (Å²) in [6, 6.07) is 5.69. The fraction of sp³-hybridized carbons (Fsp3) is 0.125. The van der Waals surface area contributed by atoms with Gasteiger partial charge in [0.05, 0.1) is 18.1 Å². The number of non-ortho nitro benzene ring substituents is 1. The Labute approximate surface area is 85.4 Å². The second-order valence-electron chi connectivity index (χ2n) is 2.31. The molecule has 0 fully saturated rings. The zero-order valence-electron chi connectivity index (χ0n) is 7.30. The van der Waals surface area contributed by atoms with Gasteiger partial charge in [-0.2, -0.15) is 0 Å². The third kappa shape index (κ3) is 2.67. The van der Waals surface area contributed by atoms with E-state index in [4.69, 9.17) is 4.74 Å². The molecule has 0 spiro atoms. The standard InChI is InChI=1S/C8H7NO4S/c1-12-8(14)13-7-4-2-3-6(5-7)9(10)11/h2-5H,1H3. The van der Waals surface area contributed by atoms with Crippen LogP contribution in [-0.2, 0) is 4.74 Å². The summed E-state index contributed by atoms with van der Waals surface area (Å²) in [6.07, 6.45) is 0. The van der Waals surface area contributed by atoms with Crippen LogP contribution in [0.4, 0.5) is 5.69 Å². The average Bonchev–Trinajstić information content (AvgIpc) is 2.18. The Bertz CT molecular complexity index is 366. The van der Waals surface area contributed by atoms with Crippen molar-refractivity contribution in [1.82, 2.24) is 0 Å². The molecule has 0 radical (unpaired) electrons. The second-order valence-corrected chi connectivity index (χ2v) is 2.64. The lowest BCUT2D eigenvalue weighted by atomic mass is 10.3. The normalized spacial score (nSPS) is 9.21. The van der Waals surface area contributed by atoms with Crippen molar-refractivity contribution >= 4 is 23.1 Å². The van der Waals surface area contributed by atoms with E-state index >= 15 is 0 Å². The molecule has 0 atom stereocenters. The summed E-state index contributed by atoms with van der Waals surface area (Å²) in [5.74, 6) is 0.283. The molecule has 1 aromatic rings. The molecule has 5 nitrogen and oxygen atoms in total. The quantitative estimate of drug-likeness (QED) is 0.426. The summed E-state index contributed by atoms with van der Waals surface area (Å²) in [5.41, 5.74) is -0.0543. The van der Waals surface area contributed by atoms with Gasteiger partial charge in [-0.1, -0.05) is 6.07 Å². The van der Waals surface area contributed by atoms with Gasteiger partial charge >= 0.3 is 5.24 Å². The lowest BCUT2D eigenvalue weighted by Crippen LogP contribution is -2.06. The molecule has 0 unspecified atom stereocenters. The van der Waals surface area contributed by atoms with E-state index in [1.807, 2.05) is 0 Å². The number of hydrogen-bond acceptors (Lipinski definition) is 5. The van der Waals surface area contributed by atoms with Crippen molar-refractivity contribution in [3.05, 3.63) is 34.4 Å². The van der Waals surface area contributed by atoms with Crippen molar-refractivity contribution in [2.75, 3.05) is 7.11 Å². The maximum atomic E-state index is 10.4. The summed E-state index contributed by atoms with van der Waals surface area (Å²) in [4.78, 5) is 9.88. The van der Waals surface area contributed by atoms with E-state index < -0.39 is 4.92 Å². The molecule has 0 saturated carbocycles. The first-order valence-corrected chi connectivity index (χ1v) is 4.04. The Morgan fingerprint density at radius 2 is 2.29 bits per heavy atom. The SMILES string of the molecule is COC(=S)Oc1cccc([N+](=O)[O-])c1. The molecular weight excluding hydrogens is 206 g/mol. The molecule has 14 heavy (non-hydrogen) atoms. The van der Waals surface area contributed by atoms with E-state index in [0.29, 0.717) is 0 Å². The maximum absolute atomic E-state index is 10.4. The van der Waals surface area contributed by atoms with Crippen LogP contribution in [0.15, 0.2) is 24.3 Å². The minimum Gasteiger partial charge on any atom is -0.460 e. The number of nitro groups is 1. The van der Waals surface area contributed by atoms with Crippen LogP contribution in [0.5, 0.6) is 5.75 Å². The van der Waals surface area contributed by atoms with Crippen molar-refractivity contribution in [2.24, 2.45) is 0 Å². The summed E-state index contributed by atoms with van der Waals surface area (Å²) in [6.45, 7) is 0. The summed E-state index contributed by atoms with van der Waals surface area (Å²) >= 11 is 4.63. The number of rotatable bonds is 2. The Morgan fingerprint density at radius 1 is 1.57 bits per heavy atom. The van der Waals surface area contributed by atoms with Crippen LogP contribution in [0.1, 0.15) is 0 Å². The molecule has 0 bridgehead atoms. The molecule has 0 amide bonds. The zero-order chi connectivity index (χ0) is 10.6. The maximum Gasteiger partial charge on any atom is 0.357 e. The van der Waals surface area contributed by atoms with E-state index in [0.717, 1.165) is 0 Å². The highest BCUT2D eigenvalue weighted by molar-refractivity contribution is 7.79. The third-order valence-corrected chi connectivity index (χ3v) is 1.65. The molecule has 0 heterocycles. The Morgan fingerprint density at radius 3 is 2.86 bits per heavy atom. The van der Waals surface area contributed by atoms with Crippen LogP contribution in [0.3, 0.4) is 0 Å². The highest BCUT2D eigenvalue weighted by atomic mass is 32.1. The van der Waals surface area contributed by atoms with Crippen molar-refractivity contribution in [3.63, 3.8) is 0 Å². The number of nitro benzene ring substituents is 1. The summed E-state index contributed by atoms with van der Waals surface area (Å²) < 4.78 is 9.55. The predicted molar refractivity (Wildman–Crippen MR) is 53.3 cm³/mol. The molecule has 0 aromatic heterocycles. The zero-order valence-corrected chi connectivity index (χ0v) is 8.11. The molecule has 74 valence electrons. The molecule has 0 saturated heterocycles. The van der Waals surface area contributed by atoms with Crippen LogP contribution >= 0.6 is 12.2 Å².